The molecule has 1 N–H and O–H groups in total. The van der Waals surface area contributed by atoms with Crippen LogP contribution in [-0.4, -0.2) is 29.1 Å². The number of rotatable bonds is 6. The minimum atomic E-state index is -0.773. The maximum absolute atomic E-state index is 10.7. The minimum absolute atomic E-state index is 0.0996. The first-order valence-corrected chi connectivity index (χ1v) is 6.06. The topological polar surface area (TPSA) is 40.5 Å². The molecule has 0 aliphatic carbocycles. The second-order valence-electron chi connectivity index (χ2n) is 4.59. The molecule has 0 aliphatic heterocycles. The van der Waals surface area contributed by atoms with Crippen LogP contribution in [0.4, 0.5) is 0 Å². The van der Waals surface area contributed by atoms with Crippen molar-refractivity contribution >= 4 is 5.97 Å². The van der Waals surface area contributed by atoms with Crippen LogP contribution in [-0.2, 0) is 11.3 Å². The molecule has 0 unspecified atom stereocenters. The van der Waals surface area contributed by atoms with Crippen molar-refractivity contribution in [2.75, 3.05) is 13.1 Å². The third-order valence-corrected chi connectivity index (χ3v) is 2.86. The van der Waals surface area contributed by atoms with E-state index >= 15 is 0 Å². The van der Waals surface area contributed by atoms with E-state index in [0.717, 1.165) is 12.1 Å². The van der Waals surface area contributed by atoms with Gasteiger partial charge in [-0.3, -0.25) is 9.69 Å². The summed E-state index contributed by atoms with van der Waals surface area (Å²) in [5.41, 5.74) is 2.48. The number of nitrogens with zero attached hydrogens (tertiary/aromatic N) is 1. The maximum Gasteiger partial charge on any atom is 0.317 e. The van der Waals surface area contributed by atoms with Gasteiger partial charge in [0.2, 0.25) is 0 Å². The third kappa shape index (κ3) is 4.57. The number of carbonyl (C=O) groups is 1. The summed E-state index contributed by atoms with van der Waals surface area (Å²) in [4.78, 5) is 12.6. The number of carboxylic acid groups (broad SMARTS) is 1. The lowest BCUT2D eigenvalue weighted by molar-refractivity contribution is -0.138. The van der Waals surface area contributed by atoms with Crippen molar-refractivity contribution in [2.24, 2.45) is 0 Å². The van der Waals surface area contributed by atoms with Crippen LogP contribution in [0.2, 0.25) is 0 Å². The molecule has 0 heterocycles. The summed E-state index contributed by atoms with van der Waals surface area (Å²) in [6.07, 6.45) is 0. The van der Waals surface area contributed by atoms with Gasteiger partial charge in [0.05, 0.1) is 6.54 Å². The first-order chi connectivity index (χ1) is 8.02. The average molecular weight is 235 g/mol. The van der Waals surface area contributed by atoms with Crippen molar-refractivity contribution in [3.05, 3.63) is 35.4 Å². The molecule has 0 aromatic heterocycles. The smallest absolute Gasteiger partial charge is 0.317 e. The Hall–Kier alpha value is -1.35. The molecule has 0 saturated heterocycles. The zero-order chi connectivity index (χ0) is 12.8. The normalized spacial score (nSPS) is 11.1. The summed E-state index contributed by atoms with van der Waals surface area (Å²) in [5.74, 6) is -0.240. The summed E-state index contributed by atoms with van der Waals surface area (Å²) >= 11 is 0. The molecule has 17 heavy (non-hydrogen) atoms. The highest BCUT2D eigenvalue weighted by atomic mass is 16.4. The van der Waals surface area contributed by atoms with Crippen LogP contribution in [0.25, 0.3) is 0 Å². The average Bonchev–Trinajstić information content (AvgIpc) is 2.28. The van der Waals surface area contributed by atoms with Crippen LogP contribution in [0.3, 0.4) is 0 Å². The van der Waals surface area contributed by atoms with Crippen LogP contribution in [0.5, 0.6) is 0 Å². The molecular weight excluding hydrogens is 214 g/mol. The monoisotopic (exact) mass is 235 g/mol. The molecule has 1 rings (SSSR count). The fourth-order valence-corrected chi connectivity index (χ4v) is 1.74. The number of aliphatic carboxylic acids is 1. The first-order valence-electron chi connectivity index (χ1n) is 6.06. The Morgan fingerprint density at radius 2 is 1.88 bits per heavy atom. The Morgan fingerprint density at radius 1 is 1.29 bits per heavy atom. The molecule has 0 bridgehead atoms. The molecule has 94 valence electrons. The van der Waals surface area contributed by atoms with E-state index in [2.05, 4.69) is 38.1 Å². The van der Waals surface area contributed by atoms with Crippen LogP contribution < -0.4 is 0 Å². The Morgan fingerprint density at radius 3 is 2.29 bits per heavy atom. The molecule has 0 amide bonds. The van der Waals surface area contributed by atoms with Crippen LogP contribution in [0.1, 0.15) is 37.8 Å². The highest BCUT2D eigenvalue weighted by Gasteiger charge is 2.08. The molecule has 3 heteroatoms. The lowest BCUT2D eigenvalue weighted by Crippen LogP contribution is -2.29. The summed E-state index contributed by atoms with van der Waals surface area (Å²) in [7, 11) is 0. The molecule has 0 spiro atoms. The summed E-state index contributed by atoms with van der Waals surface area (Å²) in [5, 5.41) is 8.77. The molecule has 0 radical (unpaired) electrons. The zero-order valence-corrected chi connectivity index (χ0v) is 10.8. The third-order valence-electron chi connectivity index (χ3n) is 2.86. The minimum Gasteiger partial charge on any atom is -0.480 e. The molecule has 1 aromatic carbocycles. The van der Waals surface area contributed by atoms with E-state index in [1.807, 2.05) is 11.8 Å². The Balaban J connectivity index is 2.64. The molecule has 0 fully saturated rings. The van der Waals surface area contributed by atoms with Gasteiger partial charge in [0.25, 0.3) is 0 Å². The van der Waals surface area contributed by atoms with E-state index < -0.39 is 5.97 Å². The fraction of sp³-hybridized carbons (Fsp3) is 0.500. The largest absolute Gasteiger partial charge is 0.480 e. The van der Waals surface area contributed by atoms with Gasteiger partial charge in [0.1, 0.15) is 0 Å². The molecular formula is C14H21NO2. The van der Waals surface area contributed by atoms with Gasteiger partial charge < -0.3 is 5.11 Å². The number of benzene rings is 1. The molecule has 3 nitrogen and oxygen atoms in total. The Labute approximate surface area is 103 Å². The van der Waals surface area contributed by atoms with E-state index in [4.69, 9.17) is 5.11 Å². The van der Waals surface area contributed by atoms with Crippen molar-refractivity contribution in [3.8, 4) is 0 Å². The molecule has 0 atom stereocenters. The van der Waals surface area contributed by atoms with Gasteiger partial charge in [0.15, 0.2) is 0 Å². The predicted molar refractivity (Wildman–Crippen MR) is 69.1 cm³/mol. The lowest BCUT2D eigenvalue weighted by Gasteiger charge is -2.18. The van der Waals surface area contributed by atoms with Crippen LogP contribution >= 0.6 is 0 Å². The standard InChI is InChI=1S/C14H21NO2/c1-4-15(10-14(16)17)9-12-5-7-13(8-6-12)11(2)3/h5-8,11H,4,9-10H2,1-3H3,(H,16,17). The Kier molecular flexibility index (Phi) is 5.16. The zero-order valence-electron chi connectivity index (χ0n) is 10.8. The quantitative estimate of drug-likeness (QED) is 0.824. The van der Waals surface area contributed by atoms with Gasteiger partial charge in [-0.2, -0.15) is 0 Å². The van der Waals surface area contributed by atoms with Gasteiger partial charge in [-0.25, -0.2) is 0 Å². The van der Waals surface area contributed by atoms with E-state index in [0.29, 0.717) is 12.5 Å². The van der Waals surface area contributed by atoms with E-state index in [1.165, 1.54) is 5.56 Å². The van der Waals surface area contributed by atoms with Crippen molar-refractivity contribution in [1.82, 2.24) is 4.90 Å². The fourth-order valence-electron chi connectivity index (χ4n) is 1.74. The van der Waals surface area contributed by atoms with Gasteiger partial charge >= 0.3 is 5.97 Å². The van der Waals surface area contributed by atoms with E-state index in [9.17, 15) is 4.79 Å². The van der Waals surface area contributed by atoms with Crippen molar-refractivity contribution in [1.29, 1.82) is 0 Å². The van der Waals surface area contributed by atoms with Gasteiger partial charge in [-0.05, 0) is 23.6 Å². The van der Waals surface area contributed by atoms with Crippen molar-refractivity contribution in [3.63, 3.8) is 0 Å². The number of hydrogen-bond donors (Lipinski definition) is 1. The van der Waals surface area contributed by atoms with Crippen molar-refractivity contribution < 1.29 is 9.90 Å². The van der Waals surface area contributed by atoms with Crippen molar-refractivity contribution in [2.45, 2.75) is 33.2 Å². The maximum atomic E-state index is 10.7. The summed E-state index contributed by atoms with van der Waals surface area (Å²) in [6, 6.07) is 8.41. The van der Waals surface area contributed by atoms with E-state index in [1.54, 1.807) is 0 Å². The number of hydrogen-bond acceptors (Lipinski definition) is 2. The van der Waals surface area contributed by atoms with Gasteiger partial charge in [-0.15, -0.1) is 0 Å². The van der Waals surface area contributed by atoms with E-state index in [-0.39, 0.29) is 6.54 Å². The molecule has 1 aromatic rings. The van der Waals surface area contributed by atoms with Gasteiger partial charge in [0, 0.05) is 6.54 Å². The molecule has 0 aliphatic rings. The van der Waals surface area contributed by atoms with Crippen LogP contribution in [0.15, 0.2) is 24.3 Å². The SMILES string of the molecule is CCN(CC(=O)O)Cc1ccc(C(C)C)cc1. The number of likely N-dealkylation sites (N-methyl/N-ethyl adjacent to an activating group) is 1. The summed E-state index contributed by atoms with van der Waals surface area (Å²) < 4.78 is 0. The lowest BCUT2D eigenvalue weighted by atomic mass is 10.0. The molecule has 0 saturated carbocycles. The van der Waals surface area contributed by atoms with Gasteiger partial charge in [-0.1, -0.05) is 45.0 Å². The second kappa shape index (κ2) is 6.40. The number of carboxylic acids is 1. The predicted octanol–water partition coefficient (Wildman–Crippen LogP) is 2.72. The second-order valence-corrected chi connectivity index (χ2v) is 4.59. The first kappa shape index (κ1) is 13.7. The highest BCUT2D eigenvalue weighted by molar-refractivity contribution is 5.69. The Bertz CT molecular complexity index is 357. The highest BCUT2D eigenvalue weighted by Crippen LogP contribution is 2.15. The van der Waals surface area contributed by atoms with Crippen LogP contribution in [0, 0.1) is 0 Å². The summed E-state index contributed by atoms with van der Waals surface area (Å²) in [6.45, 7) is 7.85.